The molecule has 0 heterocycles. The number of carbonyl (C=O) groups is 1. The van der Waals surface area contributed by atoms with Gasteiger partial charge in [0, 0.05) is 0 Å². The zero-order valence-corrected chi connectivity index (χ0v) is 12.0. The van der Waals surface area contributed by atoms with Crippen molar-refractivity contribution in [2.45, 2.75) is 90.0 Å². The van der Waals surface area contributed by atoms with Gasteiger partial charge in [0.1, 0.15) is 6.04 Å². The maximum absolute atomic E-state index is 10.5. The van der Waals surface area contributed by atoms with E-state index in [-0.39, 0.29) is 0 Å². The van der Waals surface area contributed by atoms with Gasteiger partial charge < -0.3 is 10.8 Å². The zero-order chi connectivity index (χ0) is 13.6. The fourth-order valence-electron chi connectivity index (χ4n) is 2.15. The van der Waals surface area contributed by atoms with E-state index in [0.717, 1.165) is 12.8 Å². The molecule has 0 spiro atoms. The predicted molar refractivity (Wildman–Crippen MR) is 76.7 cm³/mol. The highest BCUT2D eigenvalue weighted by Gasteiger charge is 2.09. The van der Waals surface area contributed by atoms with Crippen molar-refractivity contribution in [3.05, 3.63) is 0 Å². The number of unbranched alkanes of at least 4 members (excludes halogenated alkanes) is 10. The van der Waals surface area contributed by atoms with Gasteiger partial charge in [-0.15, -0.1) is 0 Å². The second kappa shape index (κ2) is 12.9. The normalized spacial score (nSPS) is 12.6. The van der Waals surface area contributed by atoms with Crippen molar-refractivity contribution in [3.8, 4) is 0 Å². The lowest BCUT2D eigenvalue weighted by Gasteiger charge is -2.05. The molecule has 0 radical (unpaired) electrons. The largest absolute Gasteiger partial charge is 0.480 e. The van der Waals surface area contributed by atoms with Crippen LogP contribution in [0.25, 0.3) is 0 Å². The van der Waals surface area contributed by atoms with Crippen molar-refractivity contribution < 1.29 is 9.90 Å². The lowest BCUT2D eigenvalue weighted by molar-refractivity contribution is -0.138. The van der Waals surface area contributed by atoms with Crippen LogP contribution in [-0.2, 0) is 4.79 Å². The Bertz CT molecular complexity index is 195. The van der Waals surface area contributed by atoms with Gasteiger partial charge in [-0.05, 0) is 6.42 Å². The molecule has 3 N–H and O–H groups in total. The average Bonchev–Trinajstić information content (AvgIpc) is 2.35. The number of hydrogen-bond donors (Lipinski definition) is 2. The highest BCUT2D eigenvalue weighted by molar-refractivity contribution is 5.72. The number of nitrogens with two attached hydrogens (primary N) is 1. The van der Waals surface area contributed by atoms with E-state index in [1.807, 2.05) is 0 Å². The molecule has 0 aliphatic heterocycles. The van der Waals surface area contributed by atoms with Crippen molar-refractivity contribution in [1.29, 1.82) is 0 Å². The van der Waals surface area contributed by atoms with E-state index in [4.69, 9.17) is 10.8 Å². The summed E-state index contributed by atoms with van der Waals surface area (Å²) in [5, 5.41) is 8.62. The van der Waals surface area contributed by atoms with E-state index in [1.165, 1.54) is 57.8 Å². The second-order valence-corrected chi connectivity index (χ2v) is 5.27. The van der Waals surface area contributed by atoms with Crippen molar-refractivity contribution >= 4 is 5.97 Å². The molecular formula is C15H31NO2. The molecule has 0 aliphatic rings. The summed E-state index contributed by atoms with van der Waals surface area (Å²) in [5.41, 5.74) is 5.44. The molecule has 0 bridgehead atoms. The van der Waals surface area contributed by atoms with Crippen LogP contribution in [0.15, 0.2) is 0 Å². The van der Waals surface area contributed by atoms with Gasteiger partial charge >= 0.3 is 5.97 Å². The van der Waals surface area contributed by atoms with Crippen LogP contribution in [0.4, 0.5) is 0 Å². The van der Waals surface area contributed by atoms with Crippen molar-refractivity contribution in [2.75, 3.05) is 0 Å². The van der Waals surface area contributed by atoms with Crippen molar-refractivity contribution in [3.63, 3.8) is 0 Å². The van der Waals surface area contributed by atoms with E-state index in [1.54, 1.807) is 0 Å². The first-order valence-electron chi connectivity index (χ1n) is 7.67. The maximum Gasteiger partial charge on any atom is 0.320 e. The summed E-state index contributed by atoms with van der Waals surface area (Å²) < 4.78 is 0. The summed E-state index contributed by atoms with van der Waals surface area (Å²) >= 11 is 0. The van der Waals surface area contributed by atoms with Crippen LogP contribution in [0.1, 0.15) is 84.0 Å². The summed E-state index contributed by atoms with van der Waals surface area (Å²) in [7, 11) is 0. The third kappa shape index (κ3) is 11.9. The van der Waals surface area contributed by atoms with E-state index in [0.29, 0.717) is 6.42 Å². The van der Waals surface area contributed by atoms with Crippen LogP contribution < -0.4 is 5.73 Å². The molecule has 1 atom stereocenters. The SMILES string of the molecule is CCCCCCCCCCCCCC(N)C(=O)O. The molecule has 18 heavy (non-hydrogen) atoms. The van der Waals surface area contributed by atoms with Gasteiger partial charge in [-0.2, -0.15) is 0 Å². The third-order valence-corrected chi connectivity index (χ3v) is 3.44. The van der Waals surface area contributed by atoms with Crippen molar-refractivity contribution in [2.24, 2.45) is 5.73 Å². The van der Waals surface area contributed by atoms with Gasteiger partial charge in [0.15, 0.2) is 0 Å². The van der Waals surface area contributed by atoms with Crippen molar-refractivity contribution in [1.82, 2.24) is 0 Å². The summed E-state index contributed by atoms with van der Waals surface area (Å²) in [6.45, 7) is 2.25. The standard InChI is InChI=1S/C15H31NO2/c1-2-3-4-5-6-7-8-9-10-11-12-13-14(16)15(17)18/h14H,2-13,16H2,1H3,(H,17,18). The minimum Gasteiger partial charge on any atom is -0.480 e. The molecule has 0 saturated carbocycles. The predicted octanol–water partition coefficient (Wildman–Crippen LogP) is 4.10. The summed E-state index contributed by atoms with van der Waals surface area (Å²) in [5.74, 6) is -0.873. The molecule has 3 heteroatoms. The van der Waals surface area contributed by atoms with Gasteiger partial charge in [0.2, 0.25) is 0 Å². The van der Waals surface area contributed by atoms with E-state index in [9.17, 15) is 4.79 Å². The first-order chi connectivity index (χ1) is 8.68. The first-order valence-corrected chi connectivity index (χ1v) is 7.67. The van der Waals surface area contributed by atoms with E-state index in [2.05, 4.69) is 6.92 Å². The minimum absolute atomic E-state index is 0.617. The Hall–Kier alpha value is -0.570. The molecule has 0 rings (SSSR count). The molecule has 0 amide bonds. The molecule has 1 unspecified atom stereocenters. The Labute approximate surface area is 112 Å². The van der Waals surface area contributed by atoms with Crippen LogP contribution in [0.2, 0.25) is 0 Å². The number of carboxylic acid groups (broad SMARTS) is 1. The molecule has 0 aromatic carbocycles. The highest BCUT2D eigenvalue weighted by atomic mass is 16.4. The number of carboxylic acids is 1. The first kappa shape index (κ1) is 17.4. The maximum atomic E-state index is 10.5. The molecule has 0 fully saturated rings. The van der Waals surface area contributed by atoms with Crippen LogP contribution >= 0.6 is 0 Å². The molecule has 0 aromatic heterocycles. The summed E-state index contributed by atoms with van der Waals surface area (Å²) in [6, 6.07) is -0.663. The third-order valence-electron chi connectivity index (χ3n) is 3.44. The Morgan fingerprint density at radius 3 is 1.67 bits per heavy atom. The lowest BCUT2D eigenvalue weighted by atomic mass is 10.0. The lowest BCUT2D eigenvalue weighted by Crippen LogP contribution is -2.29. The molecule has 0 saturated heterocycles. The Kier molecular flexibility index (Phi) is 12.5. The van der Waals surface area contributed by atoms with E-state index >= 15 is 0 Å². The fraction of sp³-hybridized carbons (Fsp3) is 0.933. The molecule has 3 nitrogen and oxygen atoms in total. The van der Waals surface area contributed by atoms with Gasteiger partial charge in [-0.1, -0.05) is 77.6 Å². The van der Waals surface area contributed by atoms with E-state index < -0.39 is 12.0 Å². The molecule has 0 aromatic rings. The van der Waals surface area contributed by atoms with Gasteiger partial charge in [0.25, 0.3) is 0 Å². The topological polar surface area (TPSA) is 63.3 Å². The molecule has 0 aliphatic carbocycles. The fourth-order valence-corrected chi connectivity index (χ4v) is 2.15. The van der Waals surface area contributed by atoms with Gasteiger partial charge in [-0.25, -0.2) is 0 Å². The molecule has 108 valence electrons. The van der Waals surface area contributed by atoms with Crippen LogP contribution in [0.5, 0.6) is 0 Å². The quantitative estimate of drug-likeness (QED) is 0.488. The van der Waals surface area contributed by atoms with Crippen LogP contribution in [0.3, 0.4) is 0 Å². The highest BCUT2D eigenvalue weighted by Crippen LogP contribution is 2.12. The average molecular weight is 257 g/mol. The minimum atomic E-state index is -0.873. The number of hydrogen-bond acceptors (Lipinski definition) is 2. The zero-order valence-electron chi connectivity index (χ0n) is 12.0. The van der Waals surface area contributed by atoms with Gasteiger partial charge in [-0.3, -0.25) is 4.79 Å². The van der Waals surface area contributed by atoms with Crippen LogP contribution in [-0.4, -0.2) is 17.1 Å². The van der Waals surface area contributed by atoms with Gasteiger partial charge in [0.05, 0.1) is 0 Å². The number of aliphatic carboxylic acids is 1. The molecular weight excluding hydrogens is 226 g/mol. The smallest absolute Gasteiger partial charge is 0.320 e. The number of rotatable bonds is 13. The Morgan fingerprint density at radius 1 is 0.889 bits per heavy atom. The monoisotopic (exact) mass is 257 g/mol. The summed E-state index contributed by atoms with van der Waals surface area (Å²) in [4.78, 5) is 10.5. The Balaban J connectivity index is 3.05. The van der Waals surface area contributed by atoms with Crippen LogP contribution in [0, 0.1) is 0 Å². The second-order valence-electron chi connectivity index (χ2n) is 5.27. The summed E-state index contributed by atoms with van der Waals surface area (Å²) in [6.07, 6.45) is 14.7. The Morgan fingerprint density at radius 2 is 1.28 bits per heavy atom.